The van der Waals surface area contributed by atoms with Crippen LogP contribution in [0.1, 0.15) is 0 Å². The number of anilines is 1. The number of carbonyl (C=O) groups excluding carboxylic acids is 1. The first kappa shape index (κ1) is 16.2. The van der Waals surface area contributed by atoms with Gasteiger partial charge >= 0.3 is 23.9 Å². The Hall–Kier alpha value is -2.20. The molecule has 1 aromatic carbocycles. The van der Waals surface area contributed by atoms with Crippen molar-refractivity contribution in [2.24, 2.45) is 0 Å². The average molecular weight is 333 g/mol. The summed E-state index contributed by atoms with van der Waals surface area (Å²) in [6.45, 7) is -0.185. The van der Waals surface area contributed by atoms with Gasteiger partial charge < -0.3 is 14.8 Å². The molecule has 0 saturated heterocycles. The van der Waals surface area contributed by atoms with Crippen LogP contribution in [0, 0.1) is 0 Å². The molecule has 0 unspecified atom stereocenters. The predicted octanol–water partition coefficient (Wildman–Crippen LogP) is 3.19. The third-order valence-corrected chi connectivity index (χ3v) is 2.67. The van der Waals surface area contributed by atoms with Crippen molar-refractivity contribution in [1.29, 1.82) is 0 Å². The van der Waals surface area contributed by atoms with Gasteiger partial charge in [-0.05, 0) is 12.1 Å². The van der Waals surface area contributed by atoms with Crippen LogP contribution < -0.4 is 14.8 Å². The van der Waals surface area contributed by atoms with E-state index in [0.717, 1.165) is 18.2 Å². The molecule has 0 saturated carbocycles. The highest BCUT2D eigenvalue weighted by molar-refractivity contribution is 5.97. The summed E-state index contributed by atoms with van der Waals surface area (Å²) >= 11 is 0. The standard InChI is InChI=1S/C11H6F7NO3/c12-9(13,10(14,15)11(16,17)18)8(20)19-5-1-2-6-7(3-5)22-4-21-6/h1-3H,4H2,(H,19,20). The van der Waals surface area contributed by atoms with E-state index in [4.69, 9.17) is 9.47 Å². The van der Waals surface area contributed by atoms with Gasteiger partial charge in [-0.15, -0.1) is 0 Å². The lowest BCUT2D eigenvalue weighted by Crippen LogP contribution is -2.57. The number of rotatable bonds is 3. The van der Waals surface area contributed by atoms with Gasteiger partial charge in [-0.25, -0.2) is 0 Å². The van der Waals surface area contributed by atoms with E-state index in [0.29, 0.717) is 0 Å². The highest BCUT2D eigenvalue weighted by atomic mass is 19.4. The van der Waals surface area contributed by atoms with Crippen molar-refractivity contribution in [3.63, 3.8) is 0 Å². The summed E-state index contributed by atoms with van der Waals surface area (Å²) in [7, 11) is 0. The van der Waals surface area contributed by atoms with E-state index in [1.807, 2.05) is 0 Å². The summed E-state index contributed by atoms with van der Waals surface area (Å²) in [4.78, 5) is 11.1. The number of nitrogens with one attached hydrogen (secondary N) is 1. The molecule has 0 atom stereocenters. The lowest BCUT2D eigenvalue weighted by Gasteiger charge is -2.27. The molecule has 0 bridgehead atoms. The van der Waals surface area contributed by atoms with Crippen LogP contribution in [0.25, 0.3) is 0 Å². The molecule has 0 aromatic heterocycles. The van der Waals surface area contributed by atoms with Crippen LogP contribution in [-0.4, -0.2) is 30.7 Å². The van der Waals surface area contributed by atoms with Crippen molar-refractivity contribution in [3.8, 4) is 11.5 Å². The molecule has 1 amide bonds. The summed E-state index contributed by atoms with van der Waals surface area (Å²) < 4.78 is 97.2. The molecule has 0 spiro atoms. The molecule has 22 heavy (non-hydrogen) atoms. The minimum absolute atomic E-state index is 0.0173. The Morgan fingerprint density at radius 1 is 1.00 bits per heavy atom. The lowest BCUT2D eigenvalue weighted by atomic mass is 10.1. The first-order valence-electron chi connectivity index (χ1n) is 5.50. The molecule has 1 aromatic rings. The van der Waals surface area contributed by atoms with Crippen LogP contribution in [0.15, 0.2) is 18.2 Å². The van der Waals surface area contributed by atoms with Crippen LogP contribution in [0.5, 0.6) is 11.5 Å². The van der Waals surface area contributed by atoms with Crippen molar-refractivity contribution in [3.05, 3.63) is 18.2 Å². The van der Waals surface area contributed by atoms with E-state index in [2.05, 4.69) is 0 Å². The van der Waals surface area contributed by atoms with Crippen LogP contribution in [0.3, 0.4) is 0 Å². The SMILES string of the molecule is O=C(Nc1ccc2c(c1)OCO2)C(F)(F)C(F)(F)C(F)(F)F. The highest BCUT2D eigenvalue weighted by Crippen LogP contribution is 2.47. The number of halogens is 7. The predicted molar refractivity (Wildman–Crippen MR) is 57.1 cm³/mol. The van der Waals surface area contributed by atoms with Gasteiger partial charge in [0.1, 0.15) is 0 Å². The quantitative estimate of drug-likeness (QED) is 0.865. The van der Waals surface area contributed by atoms with E-state index >= 15 is 0 Å². The van der Waals surface area contributed by atoms with Crippen molar-refractivity contribution < 1.29 is 45.0 Å². The van der Waals surface area contributed by atoms with Crippen LogP contribution in [0.2, 0.25) is 0 Å². The molecule has 122 valence electrons. The van der Waals surface area contributed by atoms with Gasteiger partial charge in [0.05, 0.1) is 0 Å². The first-order chi connectivity index (χ1) is 9.97. The van der Waals surface area contributed by atoms with Gasteiger partial charge in [-0.3, -0.25) is 4.79 Å². The molecule has 0 radical (unpaired) electrons. The summed E-state index contributed by atoms with van der Waals surface area (Å²) in [5, 5.41) is 1.29. The summed E-state index contributed by atoms with van der Waals surface area (Å²) in [5.41, 5.74) is -0.452. The third kappa shape index (κ3) is 2.50. The summed E-state index contributed by atoms with van der Waals surface area (Å²) in [6.07, 6.45) is -6.58. The molecule has 2 rings (SSSR count). The van der Waals surface area contributed by atoms with E-state index < -0.39 is 29.6 Å². The molecule has 0 fully saturated rings. The number of fused-ring (bicyclic) bond motifs is 1. The zero-order valence-electron chi connectivity index (χ0n) is 10.3. The smallest absolute Gasteiger partial charge is 0.454 e. The normalized spacial score (nSPS) is 14.9. The van der Waals surface area contributed by atoms with Crippen molar-refractivity contribution >= 4 is 11.6 Å². The number of hydrogen-bond acceptors (Lipinski definition) is 3. The number of amides is 1. The third-order valence-electron chi connectivity index (χ3n) is 2.67. The fourth-order valence-corrected chi connectivity index (χ4v) is 1.50. The van der Waals surface area contributed by atoms with Gasteiger partial charge in [0.15, 0.2) is 11.5 Å². The monoisotopic (exact) mass is 333 g/mol. The number of hydrogen-bond donors (Lipinski definition) is 1. The highest BCUT2D eigenvalue weighted by Gasteiger charge is 2.76. The molecular weight excluding hydrogens is 327 g/mol. The maximum Gasteiger partial charge on any atom is 0.460 e. The molecule has 1 N–H and O–H groups in total. The Balaban J connectivity index is 2.21. The van der Waals surface area contributed by atoms with Gasteiger partial charge in [-0.1, -0.05) is 0 Å². The topological polar surface area (TPSA) is 47.6 Å². The maximum atomic E-state index is 13.1. The second-order valence-corrected chi connectivity index (χ2v) is 4.17. The van der Waals surface area contributed by atoms with Crippen molar-refractivity contribution in [2.75, 3.05) is 12.1 Å². The number of alkyl halides is 7. The minimum atomic E-state index is -6.58. The zero-order valence-corrected chi connectivity index (χ0v) is 10.3. The number of benzene rings is 1. The van der Waals surface area contributed by atoms with Gasteiger partial charge in [0.25, 0.3) is 0 Å². The molecule has 1 aliphatic heterocycles. The Labute approximate surface area is 117 Å². The fourth-order valence-electron chi connectivity index (χ4n) is 1.50. The molecule has 1 aliphatic rings. The van der Waals surface area contributed by atoms with E-state index in [1.165, 1.54) is 5.32 Å². The molecule has 0 aliphatic carbocycles. The van der Waals surface area contributed by atoms with E-state index in [1.54, 1.807) is 0 Å². The van der Waals surface area contributed by atoms with Gasteiger partial charge in [0.2, 0.25) is 6.79 Å². The maximum absolute atomic E-state index is 13.1. The molecule has 11 heteroatoms. The first-order valence-corrected chi connectivity index (χ1v) is 5.50. The molecule has 4 nitrogen and oxygen atoms in total. The summed E-state index contributed by atoms with van der Waals surface area (Å²) in [5.74, 6) is -15.1. The van der Waals surface area contributed by atoms with Crippen LogP contribution in [-0.2, 0) is 4.79 Å². The molecule has 1 heterocycles. The lowest BCUT2D eigenvalue weighted by molar-refractivity contribution is -0.343. The van der Waals surface area contributed by atoms with Gasteiger partial charge in [-0.2, -0.15) is 30.7 Å². The Kier molecular flexibility index (Phi) is 3.62. The largest absolute Gasteiger partial charge is 0.460 e. The van der Waals surface area contributed by atoms with Crippen molar-refractivity contribution in [2.45, 2.75) is 18.0 Å². The second kappa shape index (κ2) is 4.92. The van der Waals surface area contributed by atoms with Crippen molar-refractivity contribution in [1.82, 2.24) is 0 Å². The second-order valence-electron chi connectivity index (χ2n) is 4.17. The van der Waals surface area contributed by atoms with Crippen LogP contribution in [0.4, 0.5) is 36.4 Å². The van der Waals surface area contributed by atoms with Crippen LogP contribution >= 0.6 is 0 Å². The number of ether oxygens (including phenoxy) is 2. The average Bonchev–Trinajstić information content (AvgIpc) is 2.84. The van der Waals surface area contributed by atoms with E-state index in [9.17, 15) is 35.5 Å². The fraction of sp³-hybridized carbons (Fsp3) is 0.364. The zero-order chi connectivity index (χ0) is 16.8. The summed E-state index contributed by atoms with van der Waals surface area (Å²) in [6, 6.07) is 3.09. The van der Waals surface area contributed by atoms with Gasteiger partial charge in [0, 0.05) is 11.8 Å². The Bertz CT molecular complexity index is 600. The Morgan fingerprint density at radius 3 is 2.18 bits per heavy atom. The number of carbonyl (C=O) groups is 1. The minimum Gasteiger partial charge on any atom is -0.454 e. The van der Waals surface area contributed by atoms with E-state index in [-0.39, 0.29) is 18.3 Å². The molecular formula is C11H6F7NO3. The Morgan fingerprint density at radius 2 is 1.59 bits per heavy atom.